The van der Waals surface area contributed by atoms with Crippen LogP contribution in [0.5, 0.6) is 5.75 Å². The number of amides is 1. The number of hydrogen-bond donors (Lipinski definition) is 3. The number of carbonyl (C=O) groups excluding carboxylic acids is 2. The highest BCUT2D eigenvalue weighted by Gasteiger charge is 2.25. The summed E-state index contributed by atoms with van der Waals surface area (Å²) in [6.07, 6.45) is 6.07. The molecule has 1 unspecified atom stereocenters. The lowest BCUT2D eigenvalue weighted by molar-refractivity contribution is -0.144. The number of rotatable bonds is 10. The van der Waals surface area contributed by atoms with E-state index >= 15 is 0 Å². The van der Waals surface area contributed by atoms with E-state index in [-0.39, 0.29) is 18.1 Å². The van der Waals surface area contributed by atoms with Crippen LogP contribution in [0.2, 0.25) is 0 Å². The molecule has 0 saturated heterocycles. The van der Waals surface area contributed by atoms with Crippen molar-refractivity contribution in [3.05, 3.63) is 72.6 Å². The number of ether oxygens (including phenoxy) is 1. The number of aromatic amines is 1. The van der Waals surface area contributed by atoms with Gasteiger partial charge in [-0.15, -0.1) is 0 Å². The van der Waals surface area contributed by atoms with Crippen LogP contribution in [0.1, 0.15) is 18.4 Å². The molecule has 1 fully saturated rings. The number of hydrogen-bond acceptors (Lipinski definition) is 6. The molecule has 0 aliphatic heterocycles. The van der Waals surface area contributed by atoms with E-state index in [1.54, 1.807) is 36.3 Å². The molecule has 1 amide bonds. The monoisotopic (exact) mass is 515 g/mol. The number of fused-ring (bicyclic) bond motifs is 1. The lowest BCUT2D eigenvalue weighted by atomic mass is 9.95. The van der Waals surface area contributed by atoms with Gasteiger partial charge >= 0.3 is 5.97 Å². The molecule has 7 nitrogen and oxygen atoms in total. The minimum Gasteiger partial charge on any atom is -0.507 e. The van der Waals surface area contributed by atoms with Gasteiger partial charge in [0.15, 0.2) is 0 Å². The number of para-hydroxylation sites is 1. The molecule has 0 spiro atoms. The van der Waals surface area contributed by atoms with Gasteiger partial charge in [-0.2, -0.15) is 11.8 Å². The molecular weight excluding hydrogens is 486 g/mol. The van der Waals surface area contributed by atoms with Gasteiger partial charge in [-0.05, 0) is 59.9 Å². The van der Waals surface area contributed by atoms with Crippen LogP contribution in [0.4, 0.5) is 0 Å². The highest BCUT2D eigenvalue weighted by atomic mass is 32.2. The van der Waals surface area contributed by atoms with Gasteiger partial charge in [0.1, 0.15) is 11.8 Å². The van der Waals surface area contributed by atoms with E-state index in [1.807, 2.05) is 42.5 Å². The molecule has 2 aromatic heterocycles. The molecule has 1 aliphatic carbocycles. The van der Waals surface area contributed by atoms with Crippen LogP contribution < -0.4 is 5.32 Å². The number of methoxy groups -OCH3 is 1. The fourth-order valence-electron chi connectivity index (χ4n) is 4.35. The lowest BCUT2D eigenvalue weighted by Crippen LogP contribution is -2.44. The molecule has 0 radical (unpaired) electrons. The molecule has 1 saturated carbocycles. The maximum absolute atomic E-state index is 13.1. The normalized spacial score (nSPS) is 13.9. The number of aromatic nitrogens is 2. The van der Waals surface area contributed by atoms with E-state index in [0.717, 1.165) is 45.0 Å². The Morgan fingerprint density at radius 3 is 2.76 bits per heavy atom. The summed E-state index contributed by atoms with van der Waals surface area (Å²) in [5, 5.41) is 14.3. The summed E-state index contributed by atoms with van der Waals surface area (Å²) in [5.74, 6) is 1.71. The van der Waals surface area contributed by atoms with Crippen molar-refractivity contribution in [1.29, 1.82) is 0 Å². The third kappa shape index (κ3) is 5.97. The number of pyridine rings is 1. The molecule has 1 aliphatic rings. The van der Waals surface area contributed by atoms with Crippen molar-refractivity contribution in [2.45, 2.75) is 25.3 Å². The Kier molecular flexibility index (Phi) is 7.46. The highest BCUT2D eigenvalue weighted by Crippen LogP contribution is 2.35. The number of H-pyrrole nitrogens is 1. The summed E-state index contributed by atoms with van der Waals surface area (Å²) in [6, 6.07) is 16.2. The number of nitrogens with one attached hydrogen (secondary N) is 2. The molecule has 2 heterocycles. The predicted molar refractivity (Wildman–Crippen MR) is 146 cm³/mol. The third-order valence-corrected chi connectivity index (χ3v) is 7.82. The Hall–Kier alpha value is -3.78. The topological polar surface area (TPSA) is 104 Å². The molecule has 190 valence electrons. The van der Waals surface area contributed by atoms with E-state index in [2.05, 4.69) is 15.3 Å². The van der Waals surface area contributed by atoms with E-state index in [4.69, 9.17) is 4.74 Å². The second-order valence-electron chi connectivity index (χ2n) is 9.34. The molecule has 2 aromatic carbocycles. The Morgan fingerprint density at radius 2 is 2.00 bits per heavy atom. The van der Waals surface area contributed by atoms with Crippen molar-refractivity contribution in [3.63, 3.8) is 0 Å². The molecule has 1 atom stereocenters. The van der Waals surface area contributed by atoms with Crippen LogP contribution in [0.15, 0.2) is 67.0 Å². The van der Waals surface area contributed by atoms with Crippen LogP contribution in [0, 0.1) is 5.92 Å². The van der Waals surface area contributed by atoms with Crippen molar-refractivity contribution >= 4 is 34.5 Å². The van der Waals surface area contributed by atoms with Crippen molar-refractivity contribution in [2.75, 3.05) is 18.6 Å². The number of thioether (sulfide) groups is 1. The maximum atomic E-state index is 13.1. The summed E-state index contributed by atoms with van der Waals surface area (Å²) in [7, 11) is 1.34. The maximum Gasteiger partial charge on any atom is 0.329 e. The molecule has 0 bridgehead atoms. The first kappa shape index (κ1) is 24.9. The Balaban J connectivity index is 1.43. The SMILES string of the molecule is COC(=O)C(CSCC1CC1)NC(=O)Cc1ccc(-c2ccccc2O)cc1-c1cc2ccncc2[nH]1. The van der Waals surface area contributed by atoms with Gasteiger partial charge in [-0.25, -0.2) is 4.79 Å². The number of carbonyl (C=O) groups is 2. The van der Waals surface area contributed by atoms with Gasteiger partial charge < -0.3 is 20.1 Å². The molecule has 37 heavy (non-hydrogen) atoms. The fourth-order valence-corrected chi connectivity index (χ4v) is 5.61. The van der Waals surface area contributed by atoms with Gasteiger partial charge in [0.05, 0.1) is 25.2 Å². The van der Waals surface area contributed by atoms with Gasteiger partial charge in [0.25, 0.3) is 0 Å². The van der Waals surface area contributed by atoms with Crippen molar-refractivity contribution in [2.24, 2.45) is 5.92 Å². The van der Waals surface area contributed by atoms with E-state index in [9.17, 15) is 14.7 Å². The number of aromatic hydroxyl groups is 1. The summed E-state index contributed by atoms with van der Waals surface area (Å²) in [4.78, 5) is 33.0. The number of phenols is 1. The van der Waals surface area contributed by atoms with Gasteiger partial charge in [0.2, 0.25) is 5.91 Å². The molecule has 5 rings (SSSR count). The first-order valence-electron chi connectivity index (χ1n) is 12.3. The van der Waals surface area contributed by atoms with Crippen LogP contribution >= 0.6 is 11.8 Å². The largest absolute Gasteiger partial charge is 0.507 e. The fraction of sp³-hybridized carbons (Fsp3) is 0.276. The van der Waals surface area contributed by atoms with E-state index in [1.165, 1.54) is 20.0 Å². The Labute approximate surface area is 219 Å². The average molecular weight is 516 g/mol. The smallest absolute Gasteiger partial charge is 0.329 e. The summed E-state index contributed by atoms with van der Waals surface area (Å²) >= 11 is 1.68. The van der Waals surface area contributed by atoms with Gasteiger partial charge in [-0.3, -0.25) is 9.78 Å². The van der Waals surface area contributed by atoms with Crippen LogP contribution in [0.25, 0.3) is 33.3 Å². The molecule has 8 heteroatoms. The highest BCUT2D eigenvalue weighted by molar-refractivity contribution is 7.99. The number of benzene rings is 2. The lowest BCUT2D eigenvalue weighted by Gasteiger charge is -2.17. The average Bonchev–Trinajstić information content (AvgIpc) is 3.63. The van der Waals surface area contributed by atoms with E-state index < -0.39 is 12.0 Å². The van der Waals surface area contributed by atoms with Crippen LogP contribution in [-0.2, 0) is 20.7 Å². The Morgan fingerprint density at radius 1 is 1.16 bits per heavy atom. The zero-order chi connectivity index (χ0) is 25.8. The summed E-state index contributed by atoms with van der Waals surface area (Å²) < 4.78 is 4.94. The second kappa shape index (κ2) is 11.1. The Bertz CT molecular complexity index is 1400. The third-order valence-electron chi connectivity index (χ3n) is 6.55. The van der Waals surface area contributed by atoms with Crippen molar-refractivity contribution in [3.8, 4) is 28.1 Å². The molecule has 3 N–H and O–H groups in total. The summed E-state index contributed by atoms with van der Waals surface area (Å²) in [6.45, 7) is 0. The van der Waals surface area contributed by atoms with Gasteiger partial charge in [-0.1, -0.05) is 30.3 Å². The van der Waals surface area contributed by atoms with Crippen molar-refractivity contribution in [1.82, 2.24) is 15.3 Å². The summed E-state index contributed by atoms with van der Waals surface area (Å²) in [5.41, 5.74) is 4.90. The zero-order valence-electron chi connectivity index (χ0n) is 20.6. The molecular formula is C29H29N3O4S. The minimum absolute atomic E-state index is 0.0881. The van der Waals surface area contributed by atoms with E-state index in [0.29, 0.717) is 11.3 Å². The number of phenolic OH excluding ortho intramolecular Hbond substituents is 1. The number of esters is 1. The molecule has 4 aromatic rings. The zero-order valence-corrected chi connectivity index (χ0v) is 21.4. The quantitative estimate of drug-likeness (QED) is 0.258. The first-order chi connectivity index (χ1) is 18.0. The van der Waals surface area contributed by atoms with Crippen LogP contribution in [0.3, 0.4) is 0 Å². The predicted octanol–water partition coefficient (Wildman–Crippen LogP) is 4.95. The van der Waals surface area contributed by atoms with Crippen LogP contribution in [-0.4, -0.2) is 51.6 Å². The minimum atomic E-state index is -0.690. The standard InChI is InChI=1S/C29H29N3O4S/c1-36-29(35)26(17-37-16-18-6-7-18)32-28(34)14-20-9-8-19(22-4-2-3-5-27(22)33)12-23(20)24-13-21-10-11-30-15-25(21)31-24/h2-5,8-13,15,18,26,31,33H,6-7,14,16-17H2,1H3,(H,32,34). The van der Waals surface area contributed by atoms with Crippen molar-refractivity contribution < 1.29 is 19.4 Å². The second-order valence-corrected chi connectivity index (χ2v) is 10.4. The first-order valence-corrected chi connectivity index (χ1v) is 13.5. The number of nitrogens with zero attached hydrogens (tertiary/aromatic N) is 1. The van der Waals surface area contributed by atoms with Gasteiger partial charge in [0, 0.05) is 34.2 Å².